The van der Waals surface area contributed by atoms with Gasteiger partial charge in [0.25, 0.3) is 0 Å². The van der Waals surface area contributed by atoms with E-state index in [1.54, 1.807) is 25.7 Å². The number of rotatable bonds is 5. The third-order valence-electron chi connectivity index (χ3n) is 5.46. The third-order valence-corrected chi connectivity index (χ3v) is 5.46. The minimum Gasteiger partial charge on any atom is -0.464 e. The SMILES string of the molecule is CCOC(=O)C1N(c2ccccc2)C(C)=C2C=Nc3c(C#N)cnn3C21C(=O)OCC. The zero-order valence-electron chi connectivity index (χ0n) is 17.4. The second kappa shape index (κ2) is 7.72. The topological polar surface area (TPSA) is 110 Å². The molecule has 1 aromatic carbocycles. The van der Waals surface area contributed by atoms with Crippen molar-refractivity contribution in [1.82, 2.24) is 9.78 Å². The lowest BCUT2D eigenvalue weighted by atomic mass is 9.83. The molecule has 2 atom stereocenters. The number of nitrogens with zero attached hydrogens (tertiary/aromatic N) is 5. The van der Waals surface area contributed by atoms with Gasteiger partial charge in [0.1, 0.15) is 11.6 Å². The number of allylic oxidation sites excluding steroid dienone is 1. The molecule has 2 aromatic rings. The minimum atomic E-state index is -1.69. The zero-order chi connectivity index (χ0) is 22.2. The summed E-state index contributed by atoms with van der Waals surface area (Å²) in [5.41, 5.74) is 0.311. The summed E-state index contributed by atoms with van der Waals surface area (Å²) in [7, 11) is 0. The molecule has 9 heteroatoms. The lowest BCUT2D eigenvalue weighted by Crippen LogP contribution is -2.60. The molecule has 9 nitrogen and oxygen atoms in total. The van der Waals surface area contributed by atoms with Crippen molar-refractivity contribution in [3.63, 3.8) is 0 Å². The molecule has 31 heavy (non-hydrogen) atoms. The van der Waals surface area contributed by atoms with E-state index >= 15 is 0 Å². The van der Waals surface area contributed by atoms with Crippen LogP contribution >= 0.6 is 0 Å². The van der Waals surface area contributed by atoms with Crippen LogP contribution in [0.4, 0.5) is 11.5 Å². The van der Waals surface area contributed by atoms with Crippen LogP contribution in [0.5, 0.6) is 0 Å². The molecule has 0 bridgehead atoms. The van der Waals surface area contributed by atoms with E-state index < -0.39 is 23.5 Å². The van der Waals surface area contributed by atoms with Crippen molar-refractivity contribution in [2.45, 2.75) is 32.4 Å². The smallest absolute Gasteiger partial charge is 0.341 e. The Morgan fingerprint density at radius 1 is 1.19 bits per heavy atom. The molecule has 0 aliphatic carbocycles. The van der Waals surface area contributed by atoms with Gasteiger partial charge in [0.15, 0.2) is 11.9 Å². The Balaban J connectivity index is 2.06. The van der Waals surface area contributed by atoms with Crippen molar-refractivity contribution in [1.29, 1.82) is 5.26 Å². The van der Waals surface area contributed by atoms with E-state index in [-0.39, 0.29) is 24.6 Å². The van der Waals surface area contributed by atoms with Gasteiger partial charge in [-0.25, -0.2) is 19.3 Å². The van der Waals surface area contributed by atoms with Crippen LogP contribution in [0.3, 0.4) is 0 Å². The van der Waals surface area contributed by atoms with Crippen LogP contribution in [-0.2, 0) is 24.6 Å². The molecule has 0 radical (unpaired) electrons. The van der Waals surface area contributed by atoms with E-state index in [1.165, 1.54) is 17.1 Å². The average Bonchev–Trinajstić information content (AvgIpc) is 3.32. The minimum absolute atomic E-state index is 0.104. The Hall–Kier alpha value is -3.93. The highest BCUT2D eigenvalue weighted by Crippen LogP contribution is 2.49. The second-order valence-electron chi connectivity index (χ2n) is 7.01. The summed E-state index contributed by atoms with van der Waals surface area (Å²) in [6, 6.07) is 10.1. The molecular formula is C22H21N5O4. The summed E-state index contributed by atoms with van der Waals surface area (Å²) in [5, 5.41) is 13.8. The molecular weight excluding hydrogens is 398 g/mol. The highest BCUT2D eigenvalue weighted by atomic mass is 16.5. The summed E-state index contributed by atoms with van der Waals surface area (Å²) < 4.78 is 12.2. The number of anilines is 1. The van der Waals surface area contributed by atoms with Crippen molar-refractivity contribution in [2.75, 3.05) is 18.1 Å². The fraction of sp³-hybridized carbons (Fsp3) is 0.318. The van der Waals surface area contributed by atoms with Crippen LogP contribution in [0, 0.1) is 11.3 Å². The summed E-state index contributed by atoms with van der Waals surface area (Å²) in [6.07, 6.45) is 2.85. The van der Waals surface area contributed by atoms with E-state index in [0.717, 1.165) is 0 Å². The molecule has 2 aliphatic rings. The Kier molecular flexibility index (Phi) is 5.07. The van der Waals surface area contributed by atoms with E-state index in [4.69, 9.17) is 9.47 Å². The van der Waals surface area contributed by atoms with Gasteiger partial charge in [0, 0.05) is 23.2 Å². The maximum absolute atomic E-state index is 13.6. The van der Waals surface area contributed by atoms with Gasteiger partial charge in [-0.2, -0.15) is 10.4 Å². The van der Waals surface area contributed by atoms with Gasteiger partial charge in [0.05, 0.1) is 19.4 Å². The van der Waals surface area contributed by atoms with Gasteiger partial charge in [-0.1, -0.05) is 18.2 Å². The number of fused-ring (bicyclic) bond motifs is 3. The maximum atomic E-state index is 13.6. The Morgan fingerprint density at radius 3 is 2.55 bits per heavy atom. The van der Waals surface area contributed by atoms with E-state index in [1.807, 2.05) is 36.4 Å². The normalized spacial score (nSPS) is 21.4. The zero-order valence-corrected chi connectivity index (χ0v) is 17.4. The highest BCUT2D eigenvalue weighted by Gasteiger charge is 2.65. The molecule has 3 heterocycles. The first-order chi connectivity index (χ1) is 15.0. The molecule has 0 saturated heterocycles. The molecule has 1 aromatic heterocycles. The summed E-state index contributed by atoms with van der Waals surface area (Å²) in [5.74, 6) is -1.08. The Bertz CT molecular complexity index is 1140. The Morgan fingerprint density at radius 2 is 1.90 bits per heavy atom. The first-order valence-corrected chi connectivity index (χ1v) is 9.94. The first kappa shape index (κ1) is 20.3. The van der Waals surface area contributed by atoms with Crippen molar-refractivity contribution in [3.8, 4) is 6.07 Å². The van der Waals surface area contributed by atoms with Crippen LogP contribution in [0.25, 0.3) is 0 Å². The number of nitriles is 1. The number of aromatic nitrogens is 2. The predicted molar refractivity (Wildman–Crippen MR) is 112 cm³/mol. The molecule has 4 rings (SSSR count). The summed E-state index contributed by atoms with van der Waals surface area (Å²) in [4.78, 5) is 33.1. The van der Waals surface area contributed by atoms with Crippen LogP contribution in [-0.4, -0.2) is 47.2 Å². The van der Waals surface area contributed by atoms with Gasteiger partial charge in [-0.3, -0.25) is 0 Å². The van der Waals surface area contributed by atoms with Crippen LogP contribution < -0.4 is 4.90 Å². The number of benzene rings is 1. The van der Waals surface area contributed by atoms with Crippen LogP contribution in [0.1, 0.15) is 26.3 Å². The largest absolute Gasteiger partial charge is 0.464 e. The number of aliphatic imine (C=N–C) groups is 1. The number of para-hydroxylation sites is 1. The van der Waals surface area contributed by atoms with Crippen molar-refractivity contribution < 1.29 is 19.1 Å². The third kappa shape index (κ3) is 2.75. The van der Waals surface area contributed by atoms with E-state index in [0.29, 0.717) is 17.0 Å². The summed E-state index contributed by atoms with van der Waals surface area (Å²) >= 11 is 0. The number of carbonyl (C=O) groups excluding carboxylic acids is 2. The number of ether oxygens (including phenoxy) is 2. The van der Waals surface area contributed by atoms with E-state index in [9.17, 15) is 14.9 Å². The summed E-state index contributed by atoms with van der Waals surface area (Å²) in [6.45, 7) is 5.44. The standard InChI is InChI=1S/C22H21N5O4/c1-4-30-20(28)18-22(21(29)31-5-2)17(13-24-19-15(11-23)12-25-27(19)22)14(3)26(18)16-9-7-6-8-10-16/h6-10,12-13,18H,4-5H2,1-3H3. The van der Waals surface area contributed by atoms with Crippen molar-refractivity contribution in [2.24, 2.45) is 4.99 Å². The maximum Gasteiger partial charge on any atom is 0.341 e. The van der Waals surface area contributed by atoms with Crippen LogP contribution in [0.2, 0.25) is 0 Å². The van der Waals surface area contributed by atoms with Crippen LogP contribution in [0.15, 0.2) is 52.8 Å². The molecule has 2 aliphatic heterocycles. The number of hydrogen-bond donors (Lipinski definition) is 0. The van der Waals surface area contributed by atoms with Crippen molar-refractivity contribution in [3.05, 3.63) is 53.4 Å². The molecule has 2 unspecified atom stereocenters. The molecule has 0 fully saturated rings. The monoisotopic (exact) mass is 419 g/mol. The highest BCUT2D eigenvalue weighted by molar-refractivity contribution is 6.07. The van der Waals surface area contributed by atoms with Gasteiger partial charge >= 0.3 is 11.9 Å². The van der Waals surface area contributed by atoms with Gasteiger partial charge < -0.3 is 14.4 Å². The second-order valence-corrected chi connectivity index (χ2v) is 7.01. The predicted octanol–water partition coefficient (Wildman–Crippen LogP) is 2.45. The average molecular weight is 419 g/mol. The number of carbonyl (C=O) groups is 2. The lowest BCUT2D eigenvalue weighted by molar-refractivity contribution is -0.160. The molecule has 0 spiro atoms. The van der Waals surface area contributed by atoms with Gasteiger partial charge in [-0.15, -0.1) is 0 Å². The number of esters is 2. The number of hydrogen-bond acceptors (Lipinski definition) is 8. The Labute approximate surface area is 179 Å². The lowest BCUT2D eigenvalue weighted by Gasteiger charge is -2.38. The molecule has 158 valence electrons. The fourth-order valence-electron chi connectivity index (χ4n) is 4.26. The van der Waals surface area contributed by atoms with Crippen molar-refractivity contribution >= 4 is 29.7 Å². The fourth-order valence-corrected chi connectivity index (χ4v) is 4.26. The molecule has 0 saturated carbocycles. The van der Waals surface area contributed by atoms with Gasteiger partial charge in [0.2, 0.25) is 5.54 Å². The first-order valence-electron chi connectivity index (χ1n) is 9.94. The molecule has 0 amide bonds. The van der Waals surface area contributed by atoms with E-state index in [2.05, 4.69) is 10.1 Å². The molecule has 0 N–H and O–H groups in total. The van der Waals surface area contributed by atoms with Gasteiger partial charge in [-0.05, 0) is 32.9 Å². The quantitative estimate of drug-likeness (QED) is 0.685.